The van der Waals surface area contributed by atoms with Crippen LogP contribution in [0.4, 0.5) is 0 Å². The molecule has 27 heavy (non-hydrogen) atoms. The van der Waals surface area contributed by atoms with Gasteiger partial charge in [-0.25, -0.2) is 0 Å². The molecule has 3 aromatic rings. The highest BCUT2D eigenvalue weighted by atomic mass is 16.5. The molecule has 1 aromatic carbocycles. The number of H-pyrrole nitrogens is 1. The lowest BCUT2D eigenvalue weighted by Gasteiger charge is -2.31. The predicted octanol–water partition coefficient (Wildman–Crippen LogP) is 2.90. The first kappa shape index (κ1) is 17.2. The van der Waals surface area contributed by atoms with Gasteiger partial charge in [-0.05, 0) is 37.1 Å². The fourth-order valence-electron chi connectivity index (χ4n) is 3.44. The number of benzene rings is 1. The normalized spacial score (nSPS) is 14.9. The number of rotatable bonds is 4. The summed E-state index contributed by atoms with van der Waals surface area (Å²) < 4.78 is 5.02. The van der Waals surface area contributed by atoms with E-state index >= 15 is 0 Å². The molecule has 1 amide bonds. The maximum Gasteiger partial charge on any atom is 0.253 e. The summed E-state index contributed by atoms with van der Waals surface area (Å²) in [6, 6.07) is 13.1. The van der Waals surface area contributed by atoms with E-state index < -0.39 is 0 Å². The number of likely N-dealkylation sites (tertiary alicyclic amines) is 1. The number of carbonyl (C=O) groups is 1. The van der Waals surface area contributed by atoms with Crippen LogP contribution in [0.2, 0.25) is 0 Å². The van der Waals surface area contributed by atoms with Crippen molar-refractivity contribution in [1.82, 2.24) is 25.3 Å². The van der Waals surface area contributed by atoms with Crippen molar-refractivity contribution in [3.63, 3.8) is 0 Å². The average Bonchev–Trinajstić information content (AvgIpc) is 3.28. The number of hydrogen-bond donors (Lipinski definition) is 1. The summed E-state index contributed by atoms with van der Waals surface area (Å²) in [5.41, 5.74) is 3.52. The smallest absolute Gasteiger partial charge is 0.253 e. The lowest BCUT2D eigenvalue weighted by Crippen LogP contribution is -2.38. The van der Waals surface area contributed by atoms with Crippen molar-refractivity contribution in [2.45, 2.75) is 18.8 Å². The van der Waals surface area contributed by atoms with Gasteiger partial charge >= 0.3 is 0 Å². The van der Waals surface area contributed by atoms with Crippen LogP contribution in [-0.2, 0) is 0 Å². The summed E-state index contributed by atoms with van der Waals surface area (Å²) in [5, 5.41) is 15.2. The number of aromatic nitrogens is 4. The Morgan fingerprint density at radius 3 is 2.44 bits per heavy atom. The number of aromatic amines is 1. The Bertz CT molecular complexity index is 883. The number of nitrogens with one attached hydrogen (secondary N) is 1. The van der Waals surface area contributed by atoms with E-state index in [0.29, 0.717) is 17.4 Å². The molecule has 0 unspecified atom stereocenters. The van der Waals surface area contributed by atoms with Crippen LogP contribution in [0.1, 0.15) is 34.8 Å². The van der Waals surface area contributed by atoms with Crippen molar-refractivity contribution in [2.24, 2.45) is 0 Å². The van der Waals surface area contributed by atoms with Crippen LogP contribution >= 0.6 is 0 Å². The van der Waals surface area contributed by atoms with Crippen LogP contribution < -0.4 is 4.74 Å². The quantitative estimate of drug-likeness (QED) is 0.770. The van der Waals surface area contributed by atoms with Crippen molar-refractivity contribution in [3.8, 4) is 17.1 Å². The first-order chi connectivity index (χ1) is 13.2. The Morgan fingerprint density at radius 1 is 1.07 bits per heavy atom. The fraction of sp³-hybridized carbons (Fsp3) is 0.300. The van der Waals surface area contributed by atoms with Gasteiger partial charge in [0, 0.05) is 48.1 Å². The molecule has 0 atom stereocenters. The molecule has 2 aromatic heterocycles. The Morgan fingerprint density at radius 2 is 1.85 bits per heavy atom. The van der Waals surface area contributed by atoms with Crippen LogP contribution in [0.3, 0.4) is 0 Å². The van der Waals surface area contributed by atoms with Gasteiger partial charge in [0.1, 0.15) is 0 Å². The first-order valence-electron chi connectivity index (χ1n) is 9.01. The molecule has 3 heterocycles. The van der Waals surface area contributed by atoms with Gasteiger partial charge in [0.2, 0.25) is 5.88 Å². The zero-order chi connectivity index (χ0) is 18.6. The van der Waals surface area contributed by atoms with Crippen LogP contribution in [0.25, 0.3) is 11.3 Å². The van der Waals surface area contributed by atoms with Crippen molar-refractivity contribution in [2.75, 3.05) is 20.2 Å². The van der Waals surface area contributed by atoms with Crippen LogP contribution in [0.15, 0.2) is 48.7 Å². The molecule has 0 aliphatic carbocycles. The molecule has 7 heteroatoms. The highest BCUT2D eigenvalue weighted by Gasteiger charge is 2.25. The summed E-state index contributed by atoms with van der Waals surface area (Å²) in [6.45, 7) is 1.52. The minimum atomic E-state index is 0.0745. The second-order valence-electron chi connectivity index (χ2n) is 6.62. The van der Waals surface area contributed by atoms with Crippen molar-refractivity contribution >= 4 is 5.91 Å². The molecule has 0 spiro atoms. The maximum absolute atomic E-state index is 12.8. The summed E-state index contributed by atoms with van der Waals surface area (Å²) in [5.74, 6) is 1.00. The molecular formula is C20H21N5O2. The van der Waals surface area contributed by atoms with E-state index in [1.807, 2.05) is 41.3 Å². The average molecular weight is 363 g/mol. The zero-order valence-corrected chi connectivity index (χ0v) is 15.1. The fourth-order valence-corrected chi connectivity index (χ4v) is 3.44. The number of piperidine rings is 1. The van der Waals surface area contributed by atoms with Gasteiger partial charge in [-0.3, -0.25) is 9.89 Å². The number of hydrogen-bond acceptors (Lipinski definition) is 5. The molecule has 0 bridgehead atoms. The molecule has 1 saturated heterocycles. The van der Waals surface area contributed by atoms with E-state index in [-0.39, 0.29) is 5.91 Å². The van der Waals surface area contributed by atoms with E-state index in [1.165, 1.54) is 0 Å². The standard InChI is InChI=1S/C20H21N5O2/c1-27-19-7-6-17(23-24-19)14-2-4-16(5-3-14)20(26)25-12-9-15(10-13-25)18-8-11-21-22-18/h2-8,11,15H,9-10,12-13H2,1H3,(H,21,22). The van der Waals surface area contributed by atoms with Gasteiger partial charge in [0.15, 0.2) is 0 Å². The van der Waals surface area contributed by atoms with Gasteiger partial charge in [0.05, 0.1) is 12.8 Å². The minimum absolute atomic E-state index is 0.0745. The summed E-state index contributed by atoms with van der Waals surface area (Å²) in [7, 11) is 1.56. The Labute approximate surface area is 157 Å². The van der Waals surface area contributed by atoms with E-state index in [1.54, 1.807) is 19.4 Å². The van der Waals surface area contributed by atoms with Gasteiger partial charge in [0.25, 0.3) is 5.91 Å². The molecule has 4 rings (SSSR count). The molecule has 0 radical (unpaired) electrons. The zero-order valence-electron chi connectivity index (χ0n) is 15.1. The molecule has 1 aliphatic heterocycles. The SMILES string of the molecule is COc1ccc(-c2ccc(C(=O)N3CCC(c4ccn[nH]4)CC3)cc2)nn1. The molecule has 0 saturated carbocycles. The van der Waals surface area contributed by atoms with Crippen LogP contribution in [0, 0.1) is 0 Å². The number of amides is 1. The molecule has 1 fully saturated rings. The highest BCUT2D eigenvalue weighted by Crippen LogP contribution is 2.27. The highest BCUT2D eigenvalue weighted by molar-refractivity contribution is 5.94. The molecule has 1 aliphatic rings. The Kier molecular flexibility index (Phi) is 4.82. The minimum Gasteiger partial charge on any atom is -0.480 e. The summed E-state index contributed by atoms with van der Waals surface area (Å²) in [6.07, 6.45) is 3.68. The number of methoxy groups -OCH3 is 1. The van der Waals surface area contributed by atoms with E-state index in [0.717, 1.165) is 42.9 Å². The van der Waals surface area contributed by atoms with E-state index in [2.05, 4.69) is 20.4 Å². The lowest BCUT2D eigenvalue weighted by atomic mass is 9.93. The van der Waals surface area contributed by atoms with Crippen molar-refractivity contribution in [1.29, 1.82) is 0 Å². The number of ether oxygens (including phenoxy) is 1. The number of carbonyl (C=O) groups excluding carboxylic acids is 1. The lowest BCUT2D eigenvalue weighted by molar-refractivity contribution is 0.0712. The summed E-state index contributed by atoms with van der Waals surface area (Å²) >= 11 is 0. The molecule has 7 nitrogen and oxygen atoms in total. The first-order valence-corrected chi connectivity index (χ1v) is 9.01. The predicted molar refractivity (Wildman–Crippen MR) is 100 cm³/mol. The summed E-state index contributed by atoms with van der Waals surface area (Å²) in [4.78, 5) is 14.7. The van der Waals surface area contributed by atoms with Gasteiger partial charge in [-0.15, -0.1) is 10.2 Å². The second-order valence-corrected chi connectivity index (χ2v) is 6.62. The Balaban J connectivity index is 1.40. The maximum atomic E-state index is 12.8. The third-order valence-corrected chi connectivity index (χ3v) is 5.02. The topological polar surface area (TPSA) is 84.0 Å². The second kappa shape index (κ2) is 7.57. The molecule has 138 valence electrons. The van der Waals surface area contributed by atoms with Crippen molar-refractivity contribution in [3.05, 3.63) is 59.9 Å². The van der Waals surface area contributed by atoms with Crippen molar-refractivity contribution < 1.29 is 9.53 Å². The third kappa shape index (κ3) is 3.67. The van der Waals surface area contributed by atoms with Gasteiger partial charge in [-0.1, -0.05) is 12.1 Å². The van der Waals surface area contributed by atoms with Gasteiger partial charge < -0.3 is 9.64 Å². The van der Waals surface area contributed by atoms with Crippen LogP contribution in [0.5, 0.6) is 5.88 Å². The van der Waals surface area contributed by atoms with E-state index in [9.17, 15) is 4.79 Å². The molecule has 1 N–H and O–H groups in total. The van der Waals surface area contributed by atoms with Gasteiger partial charge in [-0.2, -0.15) is 5.10 Å². The monoisotopic (exact) mass is 363 g/mol. The number of nitrogens with zero attached hydrogens (tertiary/aromatic N) is 4. The molecular weight excluding hydrogens is 342 g/mol. The largest absolute Gasteiger partial charge is 0.480 e. The Hall–Kier alpha value is -3.22. The van der Waals surface area contributed by atoms with Crippen LogP contribution in [-0.4, -0.2) is 51.4 Å². The third-order valence-electron chi connectivity index (χ3n) is 5.02. The van der Waals surface area contributed by atoms with E-state index in [4.69, 9.17) is 4.74 Å².